The van der Waals surface area contributed by atoms with E-state index in [2.05, 4.69) is 24.1 Å². The zero-order valence-electron chi connectivity index (χ0n) is 12.7. The molecule has 0 bridgehead atoms. The van der Waals surface area contributed by atoms with Crippen LogP contribution < -0.4 is 11.1 Å². The Labute approximate surface area is 128 Å². The highest BCUT2D eigenvalue weighted by molar-refractivity contribution is 7.21. The summed E-state index contributed by atoms with van der Waals surface area (Å²) in [6.07, 6.45) is 3.22. The molecular weight excluding hydrogens is 282 g/mol. The smallest absolute Gasteiger partial charge is 0.263 e. The number of pyridine rings is 1. The zero-order valence-corrected chi connectivity index (χ0v) is 13.5. The van der Waals surface area contributed by atoms with E-state index in [9.17, 15) is 4.79 Å². The van der Waals surface area contributed by atoms with Crippen molar-refractivity contribution in [2.75, 3.05) is 5.73 Å². The third-order valence-electron chi connectivity index (χ3n) is 4.24. The number of fused-ring (bicyclic) bond motifs is 1. The van der Waals surface area contributed by atoms with E-state index in [-0.39, 0.29) is 11.9 Å². The molecule has 1 unspecified atom stereocenters. The highest BCUT2D eigenvalue weighted by Crippen LogP contribution is 2.38. The molecule has 1 aliphatic rings. The van der Waals surface area contributed by atoms with Crippen LogP contribution in [0.4, 0.5) is 5.69 Å². The monoisotopic (exact) mass is 303 g/mol. The molecule has 112 valence electrons. The summed E-state index contributed by atoms with van der Waals surface area (Å²) < 4.78 is 0. The summed E-state index contributed by atoms with van der Waals surface area (Å²) in [7, 11) is 0. The second-order valence-corrected chi connectivity index (χ2v) is 7.73. The van der Waals surface area contributed by atoms with E-state index in [1.54, 1.807) is 0 Å². The molecule has 1 atom stereocenters. The molecule has 2 aromatic rings. The molecule has 0 saturated heterocycles. The van der Waals surface area contributed by atoms with Gasteiger partial charge in [-0.15, -0.1) is 11.3 Å². The lowest BCUT2D eigenvalue weighted by Gasteiger charge is -2.17. The molecule has 0 aliphatic heterocycles. The first-order valence-corrected chi connectivity index (χ1v) is 8.14. The molecule has 21 heavy (non-hydrogen) atoms. The molecule has 1 amide bonds. The van der Waals surface area contributed by atoms with Crippen molar-refractivity contribution in [3.8, 4) is 0 Å². The second-order valence-electron chi connectivity index (χ2n) is 6.73. The molecule has 1 fully saturated rings. The van der Waals surface area contributed by atoms with E-state index in [0.29, 0.717) is 16.0 Å². The van der Waals surface area contributed by atoms with E-state index < -0.39 is 0 Å². The van der Waals surface area contributed by atoms with E-state index >= 15 is 0 Å². The number of anilines is 1. The molecule has 2 aromatic heterocycles. The number of thiophene rings is 1. The molecule has 1 aliphatic carbocycles. The van der Waals surface area contributed by atoms with Crippen LogP contribution in [-0.2, 0) is 0 Å². The summed E-state index contributed by atoms with van der Waals surface area (Å²) >= 11 is 1.38. The molecular formula is C16H21N3OS. The summed E-state index contributed by atoms with van der Waals surface area (Å²) in [5.41, 5.74) is 7.94. The second kappa shape index (κ2) is 4.98. The highest BCUT2D eigenvalue weighted by atomic mass is 32.1. The minimum atomic E-state index is -0.0594. The minimum absolute atomic E-state index is 0.0594. The van der Waals surface area contributed by atoms with Crippen molar-refractivity contribution < 1.29 is 4.79 Å². The fraction of sp³-hybridized carbons (Fsp3) is 0.500. The lowest BCUT2D eigenvalue weighted by atomic mass is 9.92. The molecule has 2 heterocycles. The van der Waals surface area contributed by atoms with Gasteiger partial charge in [-0.3, -0.25) is 4.79 Å². The number of hydrogen-bond donors (Lipinski definition) is 2. The van der Waals surface area contributed by atoms with Crippen LogP contribution in [-0.4, -0.2) is 16.9 Å². The number of aryl methyl sites for hydroxylation is 1. The molecule has 1 saturated carbocycles. The van der Waals surface area contributed by atoms with Gasteiger partial charge >= 0.3 is 0 Å². The maximum absolute atomic E-state index is 12.5. The number of hydrogen-bond acceptors (Lipinski definition) is 4. The van der Waals surface area contributed by atoms with Crippen LogP contribution in [0.15, 0.2) is 12.1 Å². The topological polar surface area (TPSA) is 68.0 Å². The van der Waals surface area contributed by atoms with Crippen LogP contribution in [0, 0.1) is 12.3 Å². The molecule has 0 radical (unpaired) electrons. The summed E-state index contributed by atoms with van der Waals surface area (Å²) in [6.45, 7) is 6.44. The number of carbonyl (C=O) groups is 1. The van der Waals surface area contributed by atoms with Gasteiger partial charge in [0, 0.05) is 17.1 Å². The average Bonchev–Trinajstić information content (AvgIpc) is 2.90. The van der Waals surface area contributed by atoms with E-state index in [1.165, 1.54) is 11.3 Å². The lowest BCUT2D eigenvalue weighted by molar-refractivity contribution is 0.0941. The van der Waals surface area contributed by atoms with Crippen LogP contribution >= 0.6 is 11.3 Å². The van der Waals surface area contributed by atoms with Crippen LogP contribution in [0.1, 0.15) is 48.5 Å². The molecule has 4 nitrogen and oxygen atoms in total. The van der Waals surface area contributed by atoms with E-state index in [1.807, 2.05) is 19.1 Å². The van der Waals surface area contributed by atoms with Gasteiger partial charge in [-0.05, 0) is 43.7 Å². The van der Waals surface area contributed by atoms with E-state index in [4.69, 9.17) is 5.73 Å². The summed E-state index contributed by atoms with van der Waals surface area (Å²) in [4.78, 5) is 18.4. The Hall–Kier alpha value is -1.62. The largest absolute Gasteiger partial charge is 0.397 e. The quantitative estimate of drug-likeness (QED) is 0.892. The van der Waals surface area contributed by atoms with Crippen LogP contribution in [0.25, 0.3) is 10.2 Å². The molecule has 0 spiro atoms. The predicted molar refractivity (Wildman–Crippen MR) is 87.7 cm³/mol. The van der Waals surface area contributed by atoms with Gasteiger partial charge in [0.1, 0.15) is 9.71 Å². The third-order valence-corrected chi connectivity index (χ3v) is 5.36. The molecule has 3 N–H and O–H groups in total. The van der Waals surface area contributed by atoms with Crippen molar-refractivity contribution in [1.29, 1.82) is 0 Å². The number of carbonyl (C=O) groups excluding carboxylic acids is 1. The van der Waals surface area contributed by atoms with Crippen molar-refractivity contribution >= 4 is 33.1 Å². The van der Waals surface area contributed by atoms with Gasteiger partial charge in [0.25, 0.3) is 5.91 Å². The number of aromatic nitrogens is 1. The first-order valence-electron chi connectivity index (χ1n) is 7.32. The maximum atomic E-state index is 12.5. The maximum Gasteiger partial charge on any atom is 0.263 e. The number of nitrogen functional groups attached to an aromatic ring is 1. The number of nitrogens with one attached hydrogen (secondary N) is 1. The fourth-order valence-electron chi connectivity index (χ4n) is 3.07. The van der Waals surface area contributed by atoms with Gasteiger partial charge in [0.05, 0.1) is 5.69 Å². The minimum Gasteiger partial charge on any atom is -0.397 e. The number of amides is 1. The van der Waals surface area contributed by atoms with Crippen molar-refractivity contribution in [2.45, 2.75) is 46.1 Å². The van der Waals surface area contributed by atoms with Crippen molar-refractivity contribution in [3.63, 3.8) is 0 Å². The summed E-state index contributed by atoms with van der Waals surface area (Å²) in [5.74, 6) is -0.0594. The Bertz CT molecular complexity index is 705. The average molecular weight is 303 g/mol. The Morgan fingerprint density at radius 1 is 1.48 bits per heavy atom. The number of nitrogens with two attached hydrogens (primary N) is 1. The number of rotatable bonds is 2. The third kappa shape index (κ3) is 2.75. The number of nitrogens with zero attached hydrogens (tertiary/aromatic N) is 1. The SMILES string of the molecule is Cc1ccc2c(N)c(C(=O)NC3CCC(C)(C)C3)sc2n1. The highest BCUT2D eigenvalue weighted by Gasteiger charge is 2.32. The molecule has 0 aromatic carbocycles. The van der Waals surface area contributed by atoms with E-state index in [0.717, 1.165) is 35.2 Å². The van der Waals surface area contributed by atoms with Crippen LogP contribution in [0.5, 0.6) is 0 Å². The Morgan fingerprint density at radius 3 is 2.90 bits per heavy atom. The summed E-state index contributed by atoms with van der Waals surface area (Å²) in [6, 6.07) is 4.12. The molecule has 3 rings (SSSR count). The van der Waals surface area contributed by atoms with Crippen LogP contribution in [0.2, 0.25) is 0 Å². The molecule has 5 heteroatoms. The predicted octanol–water partition coefficient (Wildman–Crippen LogP) is 3.50. The first-order chi connectivity index (χ1) is 9.85. The van der Waals surface area contributed by atoms with Gasteiger partial charge in [0.15, 0.2) is 0 Å². The zero-order chi connectivity index (χ0) is 15.2. The van der Waals surface area contributed by atoms with Gasteiger partial charge in [-0.2, -0.15) is 0 Å². The summed E-state index contributed by atoms with van der Waals surface area (Å²) in [5, 5.41) is 4.01. The van der Waals surface area contributed by atoms with Crippen molar-refractivity contribution in [3.05, 3.63) is 22.7 Å². The van der Waals surface area contributed by atoms with Gasteiger partial charge in [0.2, 0.25) is 0 Å². The standard InChI is InChI=1S/C16H21N3OS/c1-9-4-5-11-12(17)13(21-15(11)18-9)14(20)19-10-6-7-16(2,3)8-10/h4-5,10H,6-8,17H2,1-3H3,(H,19,20). The first kappa shape index (κ1) is 14.3. The van der Waals surface area contributed by atoms with Crippen LogP contribution in [0.3, 0.4) is 0 Å². The van der Waals surface area contributed by atoms with Crippen molar-refractivity contribution in [2.24, 2.45) is 5.41 Å². The fourth-order valence-corrected chi connectivity index (χ4v) is 4.11. The van der Waals surface area contributed by atoms with Gasteiger partial charge < -0.3 is 11.1 Å². The Morgan fingerprint density at radius 2 is 2.24 bits per heavy atom. The van der Waals surface area contributed by atoms with Gasteiger partial charge in [-0.25, -0.2) is 4.98 Å². The normalized spacial score (nSPS) is 20.8. The lowest BCUT2D eigenvalue weighted by Crippen LogP contribution is -2.33. The Balaban J connectivity index is 1.83. The van der Waals surface area contributed by atoms with Crippen molar-refractivity contribution in [1.82, 2.24) is 10.3 Å². The Kier molecular flexibility index (Phi) is 3.40. The van der Waals surface area contributed by atoms with Gasteiger partial charge in [-0.1, -0.05) is 13.8 Å².